The third-order valence-electron chi connectivity index (χ3n) is 12.4. The van der Waals surface area contributed by atoms with Crippen LogP contribution in [0.3, 0.4) is 0 Å². The van der Waals surface area contributed by atoms with Crippen LogP contribution in [0.1, 0.15) is 36.0 Å². The Morgan fingerprint density at radius 3 is 2.55 bits per heavy atom. The second-order valence-electron chi connectivity index (χ2n) is 13.2. The summed E-state index contributed by atoms with van der Waals surface area (Å²) in [7, 11) is 6.72. The Bertz CT molecular complexity index is 1200. The van der Waals surface area contributed by atoms with E-state index >= 15 is 0 Å². The van der Waals surface area contributed by atoms with Crippen LogP contribution in [0.4, 0.5) is 5.69 Å². The van der Waals surface area contributed by atoms with E-state index in [4.69, 9.17) is 29.4 Å². The van der Waals surface area contributed by atoms with Gasteiger partial charge in [-0.05, 0) is 37.3 Å². The molecule has 1 aliphatic heterocycles. The maximum absolute atomic E-state index is 13.2. The molecule has 7 rings (SSSR count). The highest BCUT2D eigenvalue weighted by atomic mass is 16.5. The highest BCUT2D eigenvalue weighted by Crippen LogP contribution is 2.79. The van der Waals surface area contributed by atoms with Crippen molar-refractivity contribution in [2.75, 3.05) is 47.3 Å². The third-order valence-corrected chi connectivity index (χ3v) is 12.4. The van der Waals surface area contributed by atoms with E-state index in [-0.39, 0.29) is 48.6 Å². The van der Waals surface area contributed by atoms with Crippen LogP contribution in [0.5, 0.6) is 0 Å². The van der Waals surface area contributed by atoms with Gasteiger partial charge in [-0.15, -0.1) is 0 Å². The summed E-state index contributed by atoms with van der Waals surface area (Å²) in [5, 5.41) is 29.5. The van der Waals surface area contributed by atoms with Gasteiger partial charge in [-0.25, -0.2) is 4.79 Å². The number of para-hydroxylation sites is 1. The molecule has 0 radical (unpaired) electrons. The maximum Gasteiger partial charge on any atom is 0.340 e. The number of rotatable bonds is 7. The Morgan fingerprint density at radius 1 is 1.10 bits per heavy atom. The summed E-state index contributed by atoms with van der Waals surface area (Å²) in [5.74, 6) is -0.918. The van der Waals surface area contributed by atoms with Gasteiger partial charge in [-0.3, -0.25) is 0 Å². The van der Waals surface area contributed by atoms with Crippen molar-refractivity contribution in [1.29, 1.82) is 0 Å². The number of carbonyl (C=O) groups excluding carboxylic acids is 1. The number of nitrogens with two attached hydrogens (primary N) is 1. The highest BCUT2D eigenvalue weighted by molar-refractivity contribution is 5.95. The molecule has 1 saturated heterocycles. The minimum absolute atomic E-state index is 0.0130. The summed E-state index contributed by atoms with van der Waals surface area (Å²) in [5.41, 5.74) is 2.55. The first-order chi connectivity index (χ1) is 19.2. The van der Waals surface area contributed by atoms with Crippen molar-refractivity contribution in [3.05, 3.63) is 29.8 Å². The molecule has 6 aliphatic rings. The predicted octanol–water partition coefficient (Wildman–Crippen LogP) is 0.986. The summed E-state index contributed by atoms with van der Waals surface area (Å²) >= 11 is 0. The zero-order valence-electron chi connectivity index (χ0n) is 23.7. The molecule has 1 aromatic rings. The molecule has 0 amide bonds. The molecule has 5 N–H and O–H groups in total. The fraction of sp³-hybridized carbons (Fsp3) is 0.767. The van der Waals surface area contributed by atoms with Crippen molar-refractivity contribution in [2.24, 2.45) is 34.5 Å². The van der Waals surface area contributed by atoms with E-state index in [1.807, 2.05) is 0 Å². The van der Waals surface area contributed by atoms with Crippen LogP contribution in [0, 0.1) is 34.5 Å². The van der Waals surface area contributed by atoms with Gasteiger partial charge in [-0.1, -0.05) is 12.1 Å². The average molecular weight is 559 g/mol. The molecule has 0 unspecified atom stereocenters. The lowest BCUT2D eigenvalue weighted by Gasteiger charge is -2.67. The molecule has 1 aromatic carbocycles. The van der Waals surface area contributed by atoms with Gasteiger partial charge in [0.05, 0.1) is 42.6 Å². The number of hydrogen-bond acceptors (Lipinski definition) is 10. The Morgan fingerprint density at radius 2 is 1.88 bits per heavy atom. The smallest absolute Gasteiger partial charge is 0.340 e. The molecule has 10 nitrogen and oxygen atoms in total. The Kier molecular flexibility index (Phi) is 5.99. The lowest BCUT2D eigenvalue weighted by Crippen LogP contribution is -2.81. The number of ether oxygens (including phenoxy) is 5. The van der Waals surface area contributed by atoms with Crippen LogP contribution in [-0.4, -0.2) is 99.4 Å². The molecule has 0 aromatic heterocycles. The number of nitrogens with one attached hydrogen (secondary N) is 1. The molecule has 5 saturated carbocycles. The van der Waals surface area contributed by atoms with Crippen LogP contribution in [-0.2, 0) is 23.7 Å². The monoisotopic (exact) mass is 558 g/mol. The molecule has 1 heterocycles. The van der Waals surface area contributed by atoms with E-state index in [1.165, 1.54) is 0 Å². The molecule has 6 fully saturated rings. The van der Waals surface area contributed by atoms with Crippen LogP contribution in [0.15, 0.2) is 24.3 Å². The van der Waals surface area contributed by atoms with Gasteiger partial charge in [-0.2, -0.15) is 0 Å². The van der Waals surface area contributed by atoms with Gasteiger partial charge in [0.25, 0.3) is 0 Å². The molecule has 7 bridgehead atoms. The van der Waals surface area contributed by atoms with Crippen LogP contribution in [0.2, 0.25) is 0 Å². The number of methoxy groups -OCH3 is 4. The molecule has 1 spiro atoms. The maximum atomic E-state index is 13.2. The lowest BCUT2D eigenvalue weighted by atomic mass is 9.43. The van der Waals surface area contributed by atoms with Crippen molar-refractivity contribution < 1.29 is 38.7 Å². The highest BCUT2D eigenvalue weighted by Gasteiger charge is 2.90. The number of esters is 1. The standard InChI is InChI=1S/C30H42N2O8/c1-36-19-12-28(34)21-17(11-16(19)22(21)38-3)29-20(37-2)9-10-27(14-40-25(33)15-7-5-6-8-18(15)31)13-32-26(29)30(28,35)24(39-4)23(27)29/h5-8,16-17,19-24,26,32,34-35H,9-14,31H2,1-4H3/t16-,17+,19-,20-,21+,22-,23-,24-,26-,27+,28-,29+,30+/m0/s1. The number of anilines is 1. The van der Waals surface area contributed by atoms with Crippen molar-refractivity contribution in [3.63, 3.8) is 0 Å². The first-order valence-electron chi connectivity index (χ1n) is 14.5. The van der Waals surface area contributed by atoms with Crippen LogP contribution < -0.4 is 11.1 Å². The molecule has 10 heteroatoms. The number of carbonyl (C=O) groups is 1. The minimum atomic E-state index is -1.63. The van der Waals surface area contributed by atoms with E-state index in [2.05, 4.69) is 5.32 Å². The predicted molar refractivity (Wildman–Crippen MR) is 143 cm³/mol. The zero-order valence-corrected chi connectivity index (χ0v) is 23.7. The second kappa shape index (κ2) is 8.86. The third kappa shape index (κ3) is 2.86. The van der Waals surface area contributed by atoms with Gasteiger partial charge in [0.1, 0.15) is 11.2 Å². The number of benzene rings is 1. The summed E-state index contributed by atoms with van der Waals surface area (Å²) in [6.07, 6.45) is 1.16. The van der Waals surface area contributed by atoms with E-state index in [9.17, 15) is 15.0 Å². The summed E-state index contributed by atoms with van der Waals surface area (Å²) in [4.78, 5) is 13.2. The van der Waals surface area contributed by atoms with Crippen LogP contribution >= 0.6 is 0 Å². The summed E-state index contributed by atoms with van der Waals surface area (Å²) < 4.78 is 30.7. The van der Waals surface area contributed by atoms with E-state index in [1.54, 1.807) is 52.7 Å². The first-order valence-corrected chi connectivity index (χ1v) is 14.5. The topological polar surface area (TPSA) is 142 Å². The van der Waals surface area contributed by atoms with E-state index < -0.39 is 40.1 Å². The van der Waals surface area contributed by atoms with Crippen LogP contribution in [0.25, 0.3) is 0 Å². The molecular formula is C30H42N2O8. The SMILES string of the molecule is CO[C@H]1[C@H]2C[C@@H]3[C@H]1[C@@](O)(C[C@@H]2OC)[C@@]1(O)[C@@H](OC)[C@H]2[C@]4(COC(=O)c5ccccc5N)CC[C@H](OC)[C@]32[C@@H]1NC4. The van der Waals surface area contributed by atoms with E-state index in [0.717, 1.165) is 19.3 Å². The number of fused-ring (bicyclic) bond motifs is 2. The zero-order chi connectivity index (χ0) is 28.2. The fourth-order valence-corrected chi connectivity index (χ4v) is 11.3. The number of nitrogen functional groups attached to an aromatic ring is 1. The van der Waals surface area contributed by atoms with Crippen molar-refractivity contribution >= 4 is 11.7 Å². The molecular weight excluding hydrogens is 516 g/mol. The second-order valence-corrected chi connectivity index (χ2v) is 13.2. The molecule has 220 valence electrons. The quantitative estimate of drug-likeness (QED) is 0.283. The van der Waals surface area contributed by atoms with Gasteiger partial charge in [0.2, 0.25) is 0 Å². The van der Waals surface area contributed by atoms with Crippen molar-refractivity contribution in [1.82, 2.24) is 5.32 Å². The van der Waals surface area contributed by atoms with Crippen molar-refractivity contribution in [3.8, 4) is 0 Å². The molecule has 13 atom stereocenters. The lowest BCUT2D eigenvalue weighted by molar-refractivity contribution is -0.301. The Hall–Kier alpha value is -1.79. The minimum Gasteiger partial charge on any atom is -0.461 e. The molecule has 40 heavy (non-hydrogen) atoms. The summed E-state index contributed by atoms with van der Waals surface area (Å²) in [6.45, 7) is 0.672. The largest absolute Gasteiger partial charge is 0.461 e. The van der Waals surface area contributed by atoms with Gasteiger partial charge >= 0.3 is 5.97 Å². The first kappa shape index (κ1) is 27.1. The van der Waals surface area contributed by atoms with Gasteiger partial charge in [0, 0.05) is 75.7 Å². The van der Waals surface area contributed by atoms with Crippen molar-refractivity contribution in [2.45, 2.75) is 67.3 Å². The number of hydrogen-bond donors (Lipinski definition) is 4. The number of piperidine rings is 1. The summed E-state index contributed by atoms with van der Waals surface area (Å²) in [6, 6.07) is 6.44. The number of aliphatic hydroxyl groups is 2. The van der Waals surface area contributed by atoms with E-state index in [0.29, 0.717) is 24.2 Å². The Balaban J connectivity index is 1.37. The Labute approximate surface area is 234 Å². The van der Waals surface area contributed by atoms with Gasteiger partial charge in [0.15, 0.2) is 0 Å². The molecule has 5 aliphatic carbocycles. The van der Waals surface area contributed by atoms with Gasteiger partial charge < -0.3 is 44.9 Å². The fourth-order valence-electron chi connectivity index (χ4n) is 11.3. The normalized spacial score (nSPS) is 51.5. The average Bonchev–Trinajstić information content (AvgIpc) is 3.36.